The van der Waals surface area contributed by atoms with Crippen LogP contribution in [0.1, 0.15) is 30.4 Å². The van der Waals surface area contributed by atoms with Gasteiger partial charge in [-0.25, -0.2) is 0 Å². The Morgan fingerprint density at radius 1 is 1.50 bits per heavy atom. The molecule has 1 nitrogen and oxygen atoms in total. The lowest BCUT2D eigenvalue weighted by Crippen LogP contribution is -2.17. The molecule has 0 saturated heterocycles. The summed E-state index contributed by atoms with van der Waals surface area (Å²) >= 11 is 3.57. The fraction of sp³-hybridized carbons (Fsp3) is 0.500. The molecule has 3 atom stereocenters. The number of hydrogen-bond acceptors (Lipinski definition) is 1. The van der Waals surface area contributed by atoms with E-state index in [0.717, 1.165) is 0 Å². The van der Waals surface area contributed by atoms with Crippen molar-refractivity contribution in [3.05, 3.63) is 33.8 Å². The van der Waals surface area contributed by atoms with Crippen molar-refractivity contribution in [3.63, 3.8) is 0 Å². The van der Waals surface area contributed by atoms with Crippen molar-refractivity contribution in [1.82, 2.24) is 0 Å². The summed E-state index contributed by atoms with van der Waals surface area (Å²) in [4.78, 5) is 0. The van der Waals surface area contributed by atoms with Crippen LogP contribution in [0, 0.1) is 12.8 Å². The molecule has 3 unspecified atom stereocenters. The zero-order valence-corrected chi connectivity index (χ0v) is 10.2. The van der Waals surface area contributed by atoms with Crippen LogP contribution in [-0.2, 0) is 0 Å². The quantitative estimate of drug-likeness (QED) is 0.861. The zero-order valence-electron chi connectivity index (χ0n) is 8.63. The number of hydrogen-bond donors (Lipinski definition) is 1. The summed E-state index contributed by atoms with van der Waals surface area (Å²) < 4.78 is 1.21. The van der Waals surface area contributed by atoms with Gasteiger partial charge in [0.15, 0.2) is 0 Å². The Bertz CT molecular complexity index is 346. The third-order valence-corrected chi connectivity index (χ3v) is 3.99. The molecule has 2 N–H and O–H groups in total. The average Bonchev–Trinajstić information content (AvgIpc) is 2.89. The zero-order chi connectivity index (χ0) is 10.3. The van der Waals surface area contributed by atoms with Crippen molar-refractivity contribution in [2.45, 2.75) is 32.2 Å². The highest BCUT2D eigenvalue weighted by molar-refractivity contribution is 9.10. The van der Waals surface area contributed by atoms with E-state index in [1.54, 1.807) is 0 Å². The van der Waals surface area contributed by atoms with Gasteiger partial charge in [0.25, 0.3) is 0 Å². The van der Waals surface area contributed by atoms with E-state index in [-0.39, 0.29) is 0 Å². The topological polar surface area (TPSA) is 26.0 Å². The van der Waals surface area contributed by atoms with Gasteiger partial charge in [-0.2, -0.15) is 0 Å². The maximum atomic E-state index is 5.88. The molecular formula is C12H16BrN. The van der Waals surface area contributed by atoms with E-state index < -0.39 is 0 Å². The van der Waals surface area contributed by atoms with Crippen LogP contribution >= 0.6 is 15.9 Å². The third kappa shape index (κ3) is 1.86. The molecule has 0 spiro atoms. The molecule has 0 radical (unpaired) electrons. The minimum atomic E-state index is 0.333. The van der Waals surface area contributed by atoms with Crippen LogP contribution < -0.4 is 5.73 Å². The molecule has 1 aliphatic rings. The summed E-state index contributed by atoms with van der Waals surface area (Å²) in [6.07, 6.45) is 1.26. The first kappa shape index (κ1) is 10.2. The van der Waals surface area contributed by atoms with Gasteiger partial charge in [-0.3, -0.25) is 0 Å². The Morgan fingerprint density at radius 3 is 2.71 bits per heavy atom. The Labute approximate surface area is 93.8 Å². The first-order chi connectivity index (χ1) is 6.59. The Balaban J connectivity index is 2.16. The van der Waals surface area contributed by atoms with E-state index in [1.807, 2.05) is 0 Å². The molecule has 14 heavy (non-hydrogen) atoms. The standard InChI is InChI=1S/C12H16BrN/c1-7-3-4-9(5-12(7)13)11-6-10(11)8(2)14/h3-5,8,10-11H,6,14H2,1-2H3. The smallest absolute Gasteiger partial charge is 0.0207 e. The van der Waals surface area contributed by atoms with Gasteiger partial charge < -0.3 is 5.73 Å². The molecule has 76 valence electrons. The van der Waals surface area contributed by atoms with E-state index in [9.17, 15) is 0 Å². The number of nitrogens with two attached hydrogens (primary N) is 1. The van der Waals surface area contributed by atoms with Gasteiger partial charge in [-0.05, 0) is 49.3 Å². The molecule has 1 saturated carbocycles. The largest absolute Gasteiger partial charge is 0.328 e. The highest BCUT2D eigenvalue weighted by Gasteiger charge is 2.40. The fourth-order valence-corrected chi connectivity index (χ4v) is 2.42. The van der Waals surface area contributed by atoms with Crippen LogP contribution in [0.5, 0.6) is 0 Å². The molecule has 1 aliphatic carbocycles. The lowest BCUT2D eigenvalue weighted by atomic mass is 10.1. The highest BCUT2D eigenvalue weighted by atomic mass is 79.9. The minimum Gasteiger partial charge on any atom is -0.328 e. The Morgan fingerprint density at radius 2 is 2.21 bits per heavy atom. The van der Waals surface area contributed by atoms with E-state index >= 15 is 0 Å². The summed E-state index contributed by atoms with van der Waals surface area (Å²) in [5.41, 5.74) is 8.61. The number of halogens is 1. The molecule has 1 aromatic rings. The molecule has 0 heterocycles. The summed E-state index contributed by atoms with van der Waals surface area (Å²) in [6, 6.07) is 6.98. The SMILES string of the molecule is Cc1ccc(C2CC2C(C)N)cc1Br. The van der Waals surface area contributed by atoms with Gasteiger partial charge in [-0.15, -0.1) is 0 Å². The van der Waals surface area contributed by atoms with Crippen LogP contribution in [0.4, 0.5) is 0 Å². The molecule has 1 fully saturated rings. The van der Waals surface area contributed by atoms with Crippen molar-refractivity contribution >= 4 is 15.9 Å². The van der Waals surface area contributed by atoms with E-state index in [0.29, 0.717) is 17.9 Å². The minimum absolute atomic E-state index is 0.333. The molecule has 2 rings (SSSR count). The van der Waals surface area contributed by atoms with Crippen LogP contribution in [0.2, 0.25) is 0 Å². The average molecular weight is 254 g/mol. The highest BCUT2D eigenvalue weighted by Crippen LogP contribution is 2.49. The molecule has 0 bridgehead atoms. The van der Waals surface area contributed by atoms with Gasteiger partial charge >= 0.3 is 0 Å². The van der Waals surface area contributed by atoms with Crippen LogP contribution in [-0.4, -0.2) is 6.04 Å². The number of benzene rings is 1. The predicted molar refractivity (Wildman–Crippen MR) is 63.4 cm³/mol. The molecule has 0 amide bonds. The summed E-state index contributed by atoms with van der Waals surface area (Å²) in [5, 5.41) is 0. The van der Waals surface area contributed by atoms with Crippen molar-refractivity contribution < 1.29 is 0 Å². The molecular weight excluding hydrogens is 238 g/mol. The molecule has 0 aromatic heterocycles. The van der Waals surface area contributed by atoms with Gasteiger partial charge in [-0.1, -0.05) is 28.1 Å². The maximum Gasteiger partial charge on any atom is 0.0207 e. The first-order valence-corrected chi connectivity index (χ1v) is 5.90. The fourth-order valence-electron chi connectivity index (χ4n) is 2.02. The van der Waals surface area contributed by atoms with Crippen LogP contribution in [0.25, 0.3) is 0 Å². The Kier molecular flexibility index (Phi) is 2.67. The normalized spacial score (nSPS) is 27.4. The molecule has 2 heteroatoms. The van der Waals surface area contributed by atoms with Crippen LogP contribution in [0.3, 0.4) is 0 Å². The summed E-state index contributed by atoms with van der Waals surface area (Å²) in [5.74, 6) is 1.40. The first-order valence-electron chi connectivity index (χ1n) is 5.11. The second kappa shape index (κ2) is 3.67. The number of aryl methyl sites for hydroxylation is 1. The summed E-state index contributed by atoms with van der Waals surface area (Å²) in [7, 11) is 0. The molecule has 0 aliphatic heterocycles. The Hall–Kier alpha value is -0.340. The van der Waals surface area contributed by atoms with E-state index in [2.05, 4.69) is 48.0 Å². The monoisotopic (exact) mass is 253 g/mol. The maximum absolute atomic E-state index is 5.88. The van der Waals surface area contributed by atoms with Crippen molar-refractivity contribution in [3.8, 4) is 0 Å². The van der Waals surface area contributed by atoms with Gasteiger partial charge in [0.2, 0.25) is 0 Å². The summed E-state index contributed by atoms with van der Waals surface area (Å²) in [6.45, 7) is 4.22. The second-order valence-electron chi connectivity index (χ2n) is 4.37. The third-order valence-electron chi connectivity index (χ3n) is 3.14. The number of rotatable bonds is 2. The van der Waals surface area contributed by atoms with Gasteiger partial charge in [0, 0.05) is 10.5 Å². The lowest BCUT2D eigenvalue weighted by molar-refractivity contribution is 0.631. The van der Waals surface area contributed by atoms with E-state index in [1.165, 1.54) is 22.0 Å². The van der Waals surface area contributed by atoms with Crippen molar-refractivity contribution in [2.24, 2.45) is 11.7 Å². The van der Waals surface area contributed by atoms with E-state index in [4.69, 9.17) is 5.73 Å². The predicted octanol–water partition coefficient (Wildman–Crippen LogP) is 3.21. The van der Waals surface area contributed by atoms with Gasteiger partial charge in [0.05, 0.1) is 0 Å². The van der Waals surface area contributed by atoms with Crippen molar-refractivity contribution in [2.75, 3.05) is 0 Å². The van der Waals surface area contributed by atoms with Crippen LogP contribution in [0.15, 0.2) is 22.7 Å². The molecule has 1 aromatic carbocycles. The second-order valence-corrected chi connectivity index (χ2v) is 5.23. The van der Waals surface area contributed by atoms with Crippen molar-refractivity contribution in [1.29, 1.82) is 0 Å². The lowest BCUT2D eigenvalue weighted by Gasteiger charge is -2.05. The van der Waals surface area contributed by atoms with Gasteiger partial charge in [0.1, 0.15) is 0 Å².